The molecule has 0 saturated heterocycles. The van der Waals surface area contributed by atoms with E-state index in [-0.39, 0.29) is 0 Å². The molecule has 1 aromatic carbocycles. The molecule has 0 amide bonds. The molecular weight excluding hydrogens is 252 g/mol. The molecule has 0 radical (unpaired) electrons. The molecule has 96 valence electrons. The fraction of sp³-hybridized carbons (Fsp3) is 0.188. The Morgan fingerprint density at radius 2 is 2.00 bits per heavy atom. The Morgan fingerprint density at radius 3 is 2.68 bits per heavy atom. The molecule has 2 nitrogen and oxygen atoms in total. The lowest BCUT2D eigenvalue weighted by Gasteiger charge is -2.01. The van der Waals surface area contributed by atoms with Crippen LogP contribution in [0.15, 0.2) is 54.9 Å². The van der Waals surface area contributed by atoms with Gasteiger partial charge < -0.3 is 0 Å². The Bertz CT molecular complexity index is 639. The van der Waals surface area contributed by atoms with E-state index in [9.17, 15) is 0 Å². The molecule has 3 heteroatoms. The Hall–Kier alpha value is -1.87. The largest absolute Gasteiger partial charge is 0.231 e. The highest BCUT2D eigenvalue weighted by Crippen LogP contribution is 2.35. The zero-order valence-electron chi connectivity index (χ0n) is 10.9. The summed E-state index contributed by atoms with van der Waals surface area (Å²) in [5.41, 5.74) is 2.72. The number of rotatable bonds is 4. The predicted molar refractivity (Wildman–Crippen MR) is 80.9 cm³/mol. The monoisotopic (exact) mass is 268 g/mol. The smallest absolute Gasteiger partial charge is 0.118 e. The van der Waals surface area contributed by atoms with Crippen molar-refractivity contribution in [2.24, 2.45) is 0 Å². The molecule has 0 spiro atoms. The number of hydrogen-bond acceptors (Lipinski definition) is 2. The van der Waals surface area contributed by atoms with Gasteiger partial charge in [-0.3, -0.25) is 0 Å². The maximum Gasteiger partial charge on any atom is 0.118 e. The quantitative estimate of drug-likeness (QED) is 0.678. The standard InChI is InChI=1S/C16H16N2S/c1-2-7-14-12-15(18-11-6-10-17-18)19-16(14)13-8-4-3-5-9-13/h3-6,8-12H,2,7H2,1H3. The molecule has 0 unspecified atom stereocenters. The van der Waals surface area contributed by atoms with Crippen molar-refractivity contribution in [3.63, 3.8) is 0 Å². The van der Waals surface area contributed by atoms with Gasteiger partial charge in [0.2, 0.25) is 0 Å². The van der Waals surface area contributed by atoms with Gasteiger partial charge in [0.05, 0.1) is 0 Å². The molecule has 0 aliphatic rings. The van der Waals surface area contributed by atoms with Crippen LogP contribution >= 0.6 is 11.3 Å². The highest BCUT2D eigenvalue weighted by atomic mass is 32.1. The summed E-state index contributed by atoms with van der Waals surface area (Å²) in [6.45, 7) is 2.22. The molecule has 0 aliphatic carbocycles. The predicted octanol–water partition coefficient (Wildman–Crippen LogP) is 4.55. The summed E-state index contributed by atoms with van der Waals surface area (Å²) >= 11 is 1.81. The van der Waals surface area contributed by atoms with Crippen molar-refractivity contribution in [3.8, 4) is 15.4 Å². The van der Waals surface area contributed by atoms with E-state index in [0.29, 0.717) is 0 Å². The molecule has 2 heterocycles. The molecule has 19 heavy (non-hydrogen) atoms. The van der Waals surface area contributed by atoms with E-state index in [1.54, 1.807) is 0 Å². The number of aromatic nitrogens is 2. The fourth-order valence-electron chi connectivity index (χ4n) is 2.22. The Kier molecular flexibility index (Phi) is 3.47. The molecule has 0 N–H and O–H groups in total. The van der Waals surface area contributed by atoms with Gasteiger partial charge in [-0.1, -0.05) is 43.7 Å². The van der Waals surface area contributed by atoms with Crippen molar-refractivity contribution in [1.29, 1.82) is 0 Å². The van der Waals surface area contributed by atoms with E-state index in [4.69, 9.17) is 0 Å². The van der Waals surface area contributed by atoms with Crippen LogP contribution in [0, 0.1) is 0 Å². The first-order chi connectivity index (χ1) is 9.38. The van der Waals surface area contributed by atoms with Crippen LogP contribution in [-0.4, -0.2) is 9.78 Å². The Morgan fingerprint density at radius 1 is 1.16 bits per heavy atom. The van der Waals surface area contributed by atoms with Crippen molar-refractivity contribution >= 4 is 11.3 Å². The summed E-state index contributed by atoms with van der Waals surface area (Å²) in [5, 5.41) is 5.51. The maximum absolute atomic E-state index is 4.32. The minimum absolute atomic E-state index is 1.11. The normalized spacial score (nSPS) is 10.8. The summed E-state index contributed by atoms with van der Waals surface area (Å²) < 4.78 is 1.94. The van der Waals surface area contributed by atoms with Gasteiger partial charge in [-0.15, -0.1) is 11.3 Å². The second-order valence-corrected chi connectivity index (χ2v) is 5.54. The molecule has 3 rings (SSSR count). The lowest BCUT2D eigenvalue weighted by atomic mass is 10.1. The van der Waals surface area contributed by atoms with Crippen LogP contribution in [-0.2, 0) is 6.42 Å². The number of nitrogens with zero attached hydrogens (tertiary/aromatic N) is 2. The van der Waals surface area contributed by atoms with Crippen molar-refractivity contribution in [2.45, 2.75) is 19.8 Å². The van der Waals surface area contributed by atoms with Gasteiger partial charge in [0.25, 0.3) is 0 Å². The summed E-state index contributed by atoms with van der Waals surface area (Å²) in [6, 6.07) is 14.8. The summed E-state index contributed by atoms with van der Waals surface area (Å²) in [4.78, 5) is 1.37. The zero-order valence-corrected chi connectivity index (χ0v) is 11.7. The average molecular weight is 268 g/mol. The molecule has 0 atom stereocenters. The van der Waals surface area contributed by atoms with Gasteiger partial charge in [-0.05, 0) is 29.7 Å². The molecule has 0 aliphatic heterocycles. The van der Waals surface area contributed by atoms with E-state index in [2.05, 4.69) is 48.4 Å². The average Bonchev–Trinajstić information content (AvgIpc) is 3.08. The van der Waals surface area contributed by atoms with Gasteiger partial charge in [0.1, 0.15) is 5.00 Å². The third-order valence-electron chi connectivity index (χ3n) is 3.08. The highest BCUT2D eigenvalue weighted by Gasteiger charge is 2.11. The number of thiophene rings is 1. The van der Waals surface area contributed by atoms with Gasteiger partial charge in [0.15, 0.2) is 0 Å². The molecule has 3 aromatic rings. The third-order valence-corrected chi connectivity index (χ3v) is 4.30. The summed E-state index contributed by atoms with van der Waals surface area (Å²) in [6.07, 6.45) is 6.09. The van der Waals surface area contributed by atoms with Crippen LogP contribution < -0.4 is 0 Å². The summed E-state index contributed by atoms with van der Waals surface area (Å²) in [7, 11) is 0. The van der Waals surface area contributed by atoms with Crippen LogP contribution in [0.2, 0.25) is 0 Å². The van der Waals surface area contributed by atoms with Gasteiger partial charge in [-0.25, -0.2) is 4.68 Å². The maximum atomic E-state index is 4.32. The van der Waals surface area contributed by atoms with E-state index < -0.39 is 0 Å². The van der Waals surface area contributed by atoms with Crippen LogP contribution in [0.5, 0.6) is 0 Å². The lowest BCUT2D eigenvalue weighted by molar-refractivity contribution is 0.889. The van der Waals surface area contributed by atoms with Gasteiger partial charge in [-0.2, -0.15) is 5.10 Å². The first kappa shape index (κ1) is 12.2. The van der Waals surface area contributed by atoms with Crippen LogP contribution in [0.25, 0.3) is 15.4 Å². The zero-order chi connectivity index (χ0) is 13.1. The highest BCUT2D eigenvalue weighted by molar-refractivity contribution is 7.18. The second kappa shape index (κ2) is 5.41. The fourth-order valence-corrected chi connectivity index (χ4v) is 3.37. The van der Waals surface area contributed by atoms with E-state index in [0.717, 1.165) is 12.8 Å². The van der Waals surface area contributed by atoms with Crippen LogP contribution in [0.3, 0.4) is 0 Å². The third kappa shape index (κ3) is 2.47. The Labute approximate surface area is 117 Å². The lowest BCUT2D eigenvalue weighted by Crippen LogP contribution is -1.89. The van der Waals surface area contributed by atoms with Gasteiger partial charge in [0, 0.05) is 17.3 Å². The topological polar surface area (TPSA) is 17.8 Å². The van der Waals surface area contributed by atoms with Gasteiger partial charge >= 0.3 is 0 Å². The van der Waals surface area contributed by atoms with E-state index in [1.807, 2.05) is 34.5 Å². The van der Waals surface area contributed by atoms with Crippen LogP contribution in [0.1, 0.15) is 18.9 Å². The molecule has 0 bridgehead atoms. The van der Waals surface area contributed by atoms with Crippen molar-refractivity contribution < 1.29 is 0 Å². The molecular formula is C16H16N2S. The van der Waals surface area contributed by atoms with E-state index in [1.165, 1.54) is 21.0 Å². The minimum Gasteiger partial charge on any atom is -0.231 e. The Balaban J connectivity index is 2.08. The first-order valence-corrected chi connectivity index (χ1v) is 7.38. The summed E-state index contributed by atoms with van der Waals surface area (Å²) in [5.74, 6) is 0. The minimum atomic E-state index is 1.11. The number of aryl methyl sites for hydroxylation is 1. The molecule has 0 fully saturated rings. The molecule has 0 saturated carbocycles. The number of hydrogen-bond donors (Lipinski definition) is 0. The first-order valence-electron chi connectivity index (χ1n) is 6.56. The number of benzene rings is 1. The molecule has 2 aromatic heterocycles. The SMILES string of the molecule is CCCc1cc(-n2cccn2)sc1-c1ccccc1. The van der Waals surface area contributed by atoms with Crippen molar-refractivity contribution in [2.75, 3.05) is 0 Å². The van der Waals surface area contributed by atoms with Crippen LogP contribution in [0.4, 0.5) is 0 Å². The van der Waals surface area contributed by atoms with Crippen molar-refractivity contribution in [3.05, 3.63) is 60.4 Å². The van der Waals surface area contributed by atoms with Crippen molar-refractivity contribution in [1.82, 2.24) is 9.78 Å². The second-order valence-electron chi connectivity index (χ2n) is 4.51. The van der Waals surface area contributed by atoms with E-state index >= 15 is 0 Å².